The maximum absolute atomic E-state index is 10.7. The van der Waals surface area contributed by atoms with Crippen molar-refractivity contribution in [1.82, 2.24) is 10.3 Å². The number of benzene rings is 1. The SMILES string of the molecule is CCc1ccc(C)c(C2C=c3c(C(C)=NC(=N)/C=C\NC[C@@H](C)O)c(O)[nH]c3=CC2CC)c1. The van der Waals surface area contributed by atoms with Gasteiger partial charge in [-0.3, -0.25) is 5.41 Å². The lowest BCUT2D eigenvalue weighted by Crippen LogP contribution is -2.34. The number of aromatic amines is 1. The molecule has 2 unspecified atom stereocenters. The minimum atomic E-state index is -0.467. The van der Waals surface area contributed by atoms with Crippen molar-refractivity contribution in [2.75, 3.05) is 6.54 Å². The average molecular weight is 449 g/mol. The van der Waals surface area contributed by atoms with Crippen molar-refractivity contribution in [1.29, 1.82) is 5.41 Å². The summed E-state index contributed by atoms with van der Waals surface area (Å²) in [6.45, 7) is 10.4. The number of aliphatic hydroxyl groups excluding tert-OH is 1. The molecule has 1 aromatic heterocycles. The summed E-state index contributed by atoms with van der Waals surface area (Å²) in [5.41, 5.74) is 5.13. The van der Waals surface area contributed by atoms with Crippen molar-refractivity contribution in [3.63, 3.8) is 0 Å². The third kappa shape index (κ3) is 5.63. The Balaban J connectivity index is 2.02. The second-order valence-corrected chi connectivity index (χ2v) is 8.82. The first-order chi connectivity index (χ1) is 15.7. The molecule has 33 heavy (non-hydrogen) atoms. The van der Waals surface area contributed by atoms with Crippen LogP contribution in [0.4, 0.5) is 0 Å². The Labute approximate surface area is 196 Å². The van der Waals surface area contributed by atoms with Crippen LogP contribution in [0.1, 0.15) is 62.3 Å². The van der Waals surface area contributed by atoms with Crippen LogP contribution < -0.4 is 15.9 Å². The maximum atomic E-state index is 10.7. The Bertz CT molecular complexity index is 1190. The zero-order valence-corrected chi connectivity index (χ0v) is 20.2. The summed E-state index contributed by atoms with van der Waals surface area (Å²) < 4.78 is 0. The van der Waals surface area contributed by atoms with Crippen molar-refractivity contribution in [2.45, 2.75) is 59.5 Å². The maximum Gasteiger partial charge on any atom is 0.198 e. The van der Waals surface area contributed by atoms with Crippen LogP contribution in [0.2, 0.25) is 0 Å². The van der Waals surface area contributed by atoms with Crippen LogP contribution in [-0.4, -0.2) is 39.4 Å². The molecule has 0 saturated carbocycles. The third-order valence-corrected chi connectivity index (χ3v) is 6.24. The molecule has 1 aliphatic carbocycles. The first-order valence-electron chi connectivity index (χ1n) is 11.7. The van der Waals surface area contributed by atoms with Crippen molar-refractivity contribution in [3.05, 3.63) is 63.3 Å². The first kappa shape index (κ1) is 24.5. The highest BCUT2D eigenvalue weighted by atomic mass is 16.3. The summed E-state index contributed by atoms with van der Waals surface area (Å²) in [4.78, 5) is 7.50. The minimum absolute atomic E-state index is 0.0641. The fourth-order valence-corrected chi connectivity index (χ4v) is 4.42. The molecule has 3 atom stereocenters. The molecule has 2 aromatic rings. The predicted octanol–water partition coefficient (Wildman–Crippen LogP) is 3.25. The topological polar surface area (TPSA) is 104 Å². The molecule has 0 aliphatic heterocycles. The van der Waals surface area contributed by atoms with Crippen molar-refractivity contribution in [3.8, 4) is 5.88 Å². The standard InChI is InChI=1S/C27H36N4O2/c1-6-19-9-8-16(3)21(12-19)22-14-23-24(13-20(22)7-2)31-27(33)26(23)18(5)30-25(28)10-11-29-15-17(4)32/h8-14,17,20,22,28-29,31-33H,6-7,15H2,1-5H3/b11-10-,28-25?,30-18?/t17-,20?,22?/m1/s1. The predicted molar refractivity (Wildman–Crippen MR) is 136 cm³/mol. The summed E-state index contributed by atoms with van der Waals surface area (Å²) in [5, 5.41) is 32.9. The summed E-state index contributed by atoms with van der Waals surface area (Å²) in [6, 6.07) is 6.70. The molecule has 3 rings (SSSR count). The fraction of sp³-hybridized carbons (Fsp3) is 0.407. The van der Waals surface area contributed by atoms with Gasteiger partial charge in [0.15, 0.2) is 5.88 Å². The number of aromatic nitrogens is 1. The molecule has 1 aromatic carbocycles. The number of nitrogens with one attached hydrogen (secondary N) is 3. The van der Waals surface area contributed by atoms with Crippen LogP contribution in [-0.2, 0) is 6.42 Å². The number of H-pyrrole nitrogens is 1. The number of aromatic hydroxyl groups is 1. The van der Waals surface area contributed by atoms with Crippen LogP contribution in [0.25, 0.3) is 12.2 Å². The fourth-order valence-electron chi connectivity index (χ4n) is 4.42. The Kier molecular flexibility index (Phi) is 7.92. The highest BCUT2D eigenvalue weighted by Crippen LogP contribution is 2.34. The second kappa shape index (κ2) is 10.7. The molecule has 1 heterocycles. The zero-order valence-electron chi connectivity index (χ0n) is 20.2. The quantitative estimate of drug-likeness (QED) is 0.316. The molecule has 5 N–H and O–H groups in total. The zero-order chi connectivity index (χ0) is 24.1. The number of aryl methyl sites for hydroxylation is 2. The number of hydrogen-bond acceptors (Lipinski definition) is 4. The molecule has 0 spiro atoms. The van der Waals surface area contributed by atoms with E-state index in [1.807, 2.05) is 6.92 Å². The van der Waals surface area contributed by atoms with E-state index in [-0.39, 0.29) is 17.6 Å². The van der Waals surface area contributed by atoms with E-state index in [4.69, 9.17) is 5.41 Å². The number of aliphatic hydroxyl groups is 1. The van der Waals surface area contributed by atoms with E-state index >= 15 is 0 Å². The van der Waals surface area contributed by atoms with Gasteiger partial charge in [-0.15, -0.1) is 0 Å². The van der Waals surface area contributed by atoms with Gasteiger partial charge in [-0.25, -0.2) is 4.99 Å². The van der Waals surface area contributed by atoms with E-state index < -0.39 is 6.10 Å². The van der Waals surface area contributed by atoms with E-state index in [2.05, 4.69) is 66.4 Å². The monoisotopic (exact) mass is 448 g/mol. The van der Waals surface area contributed by atoms with E-state index in [0.29, 0.717) is 23.7 Å². The Morgan fingerprint density at radius 1 is 1.30 bits per heavy atom. The largest absolute Gasteiger partial charge is 0.494 e. The summed E-state index contributed by atoms with van der Waals surface area (Å²) >= 11 is 0. The normalized spacial score (nSPS) is 19.0. The van der Waals surface area contributed by atoms with Crippen LogP contribution in [0, 0.1) is 18.3 Å². The van der Waals surface area contributed by atoms with Gasteiger partial charge < -0.3 is 20.5 Å². The van der Waals surface area contributed by atoms with Gasteiger partial charge in [0, 0.05) is 29.2 Å². The van der Waals surface area contributed by atoms with E-state index in [1.54, 1.807) is 13.1 Å². The molecule has 0 bridgehead atoms. The highest BCUT2D eigenvalue weighted by Gasteiger charge is 2.25. The Morgan fingerprint density at radius 2 is 2.06 bits per heavy atom. The number of aliphatic imine (C=N–C) groups is 1. The minimum Gasteiger partial charge on any atom is -0.494 e. The van der Waals surface area contributed by atoms with Crippen LogP contribution in [0.3, 0.4) is 0 Å². The number of amidine groups is 1. The van der Waals surface area contributed by atoms with Gasteiger partial charge in [0.2, 0.25) is 0 Å². The molecule has 0 fully saturated rings. The van der Waals surface area contributed by atoms with Crippen LogP contribution >= 0.6 is 0 Å². The first-order valence-corrected chi connectivity index (χ1v) is 11.7. The summed E-state index contributed by atoms with van der Waals surface area (Å²) in [5.74, 6) is 0.675. The molecule has 6 heteroatoms. The van der Waals surface area contributed by atoms with E-state index in [1.165, 1.54) is 22.8 Å². The lowest BCUT2D eigenvalue weighted by atomic mass is 9.78. The molecule has 1 aliphatic rings. The van der Waals surface area contributed by atoms with E-state index in [9.17, 15) is 10.2 Å². The van der Waals surface area contributed by atoms with Crippen molar-refractivity contribution < 1.29 is 10.2 Å². The molecule has 0 amide bonds. The second-order valence-electron chi connectivity index (χ2n) is 8.82. The third-order valence-electron chi connectivity index (χ3n) is 6.24. The molecule has 0 saturated heterocycles. The van der Waals surface area contributed by atoms with Gasteiger partial charge in [-0.05, 0) is 62.3 Å². The highest BCUT2D eigenvalue weighted by molar-refractivity contribution is 6.09. The van der Waals surface area contributed by atoms with Gasteiger partial charge in [0.25, 0.3) is 0 Å². The lowest BCUT2D eigenvalue weighted by Gasteiger charge is -2.25. The average Bonchev–Trinajstić information content (AvgIpc) is 3.10. The van der Waals surface area contributed by atoms with Crippen molar-refractivity contribution >= 4 is 23.7 Å². The lowest BCUT2D eigenvalue weighted by molar-refractivity contribution is 0.196. The van der Waals surface area contributed by atoms with Gasteiger partial charge in [0.1, 0.15) is 5.84 Å². The van der Waals surface area contributed by atoms with E-state index in [0.717, 1.165) is 23.4 Å². The number of nitrogens with zero attached hydrogens (tertiary/aromatic N) is 1. The number of rotatable bonds is 8. The van der Waals surface area contributed by atoms with Crippen LogP contribution in [0.15, 0.2) is 35.5 Å². The molecule has 176 valence electrons. The smallest absolute Gasteiger partial charge is 0.198 e. The molecular formula is C27H36N4O2. The van der Waals surface area contributed by atoms with Gasteiger partial charge in [-0.1, -0.05) is 44.2 Å². The molecule has 6 nitrogen and oxygen atoms in total. The summed E-state index contributed by atoms with van der Waals surface area (Å²) in [7, 11) is 0. The van der Waals surface area contributed by atoms with Crippen LogP contribution in [0.5, 0.6) is 5.88 Å². The summed E-state index contributed by atoms with van der Waals surface area (Å²) in [6.07, 6.45) is 9.13. The number of hydrogen-bond donors (Lipinski definition) is 5. The molecule has 0 radical (unpaired) electrons. The Hall–Kier alpha value is -3.12. The van der Waals surface area contributed by atoms with Gasteiger partial charge in [-0.2, -0.15) is 0 Å². The van der Waals surface area contributed by atoms with Crippen molar-refractivity contribution in [2.24, 2.45) is 10.9 Å². The molecular weight excluding hydrogens is 412 g/mol. The van der Waals surface area contributed by atoms with Gasteiger partial charge >= 0.3 is 0 Å². The number of fused-ring (bicyclic) bond motifs is 1. The Morgan fingerprint density at radius 3 is 2.73 bits per heavy atom. The van der Waals surface area contributed by atoms with Gasteiger partial charge in [0.05, 0.1) is 17.4 Å².